The van der Waals surface area contributed by atoms with Crippen LogP contribution >= 0.6 is 0 Å². The van der Waals surface area contributed by atoms with Gasteiger partial charge in [-0.25, -0.2) is 4.98 Å². The molecule has 0 saturated heterocycles. The Bertz CT molecular complexity index is 422. The van der Waals surface area contributed by atoms with Gasteiger partial charge in [0.1, 0.15) is 5.52 Å². The molecule has 2 aromatic rings. The van der Waals surface area contributed by atoms with Crippen molar-refractivity contribution >= 4 is 11.1 Å². The Balaban J connectivity index is 2.55. The Morgan fingerprint density at radius 2 is 2.38 bits per heavy atom. The largest absolute Gasteiger partial charge is 0.441 e. The number of pyridine rings is 1. The molecule has 0 spiro atoms. The van der Waals surface area contributed by atoms with Crippen LogP contribution in [0.1, 0.15) is 11.6 Å². The highest BCUT2D eigenvalue weighted by Gasteiger charge is 2.06. The van der Waals surface area contributed by atoms with Gasteiger partial charge in [-0.15, -0.1) is 0 Å². The Labute approximate surface area is 75.8 Å². The van der Waals surface area contributed by atoms with E-state index in [1.54, 1.807) is 6.20 Å². The SMILES string of the molecule is Cc1nccc2oc(CCN)nc12. The topological polar surface area (TPSA) is 64.9 Å². The lowest BCUT2D eigenvalue weighted by molar-refractivity contribution is 0.531. The number of oxazole rings is 1. The maximum Gasteiger partial charge on any atom is 0.196 e. The van der Waals surface area contributed by atoms with Crippen molar-refractivity contribution in [3.05, 3.63) is 23.8 Å². The quantitative estimate of drug-likeness (QED) is 0.744. The number of nitrogens with zero attached hydrogens (tertiary/aromatic N) is 2. The summed E-state index contributed by atoms with van der Waals surface area (Å²) in [6.45, 7) is 2.47. The lowest BCUT2D eigenvalue weighted by Gasteiger charge is -1.88. The van der Waals surface area contributed by atoms with E-state index in [0.29, 0.717) is 18.9 Å². The molecule has 0 aliphatic heterocycles. The number of nitrogens with two attached hydrogens (primary N) is 1. The molecule has 4 nitrogen and oxygen atoms in total. The van der Waals surface area contributed by atoms with Gasteiger partial charge in [-0.05, 0) is 6.92 Å². The lowest BCUT2D eigenvalue weighted by Crippen LogP contribution is -2.02. The molecule has 2 N–H and O–H groups in total. The van der Waals surface area contributed by atoms with Gasteiger partial charge in [0.25, 0.3) is 0 Å². The fourth-order valence-corrected chi connectivity index (χ4v) is 1.26. The van der Waals surface area contributed by atoms with Gasteiger partial charge in [0.15, 0.2) is 11.5 Å². The van der Waals surface area contributed by atoms with Crippen molar-refractivity contribution in [1.82, 2.24) is 9.97 Å². The first-order valence-electron chi connectivity index (χ1n) is 4.22. The summed E-state index contributed by atoms with van der Waals surface area (Å²) in [4.78, 5) is 8.42. The van der Waals surface area contributed by atoms with Crippen molar-refractivity contribution in [2.24, 2.45) is 5.73 Å². The van der Waals surface area contributed by atoms with Crippen LogP contribution in [0.5, 0.6) is 0 Å². The first kappa shape index (κ1) is 8.19. The summed E-state index contributed by atoms with van der Waals surface area (Å²) in [6, 6.07) is 1.81. The summed E-state index contributed by atoms with van der Waals surface area (Å²) in [5.41, 5.74) is 7.92. The first-order valence-corrected chi connectivity index (χ1v) is 4.22. The summed E-state index contributed by atoms with van der Waals surface area (Å²) < 4.78 is 5.46. The minimum absolute atomic E-state index is 0.555. The average molecular weight is 177 g/mol. The van der Waals surface area contributed by atoms with E-state index in [1.807, 2.05) is 13.0 Å². The summed E-state index contributed by atoms with van der Waals surface area (Å²) in [5.74, 6) is 0.689. The monoisotopic (exact) mass is 177 g/mol. The van der Waals surface area contributed by atoms with E-state index in [-0.39, 0.29) is 0 Å². The van der Waals surface area contributed by atoms with Gasteiger partial charge in [0.05, 0.1) is 5.69 Å². The molecule has 0 fully saturated rings. The predicted molar refractivity (Wildman–Crippen MR) is 49.3 cm³/mol. The van der Waals surface area contributed by atoms with Crippen molar-refractivity contribution in [2.75, 3.05) is 6.54 Å². The molecule has 68 valence electrons. The fraction of sp³-hybridized carbons (Fsp3) is 0.333. The Hall–Kier alpha value is -1.42. The molecule has 0 bridgehead atoms. The maximum atomic E-state index is 5.46. The number of fused-ring (bicyclic) bond motifs is 1. The van der Waals surface area contributed by atoms with Crippen molar-refractivity contribution in [3.8, 4) is 0 Å². The second-order valence-electron chi connectivity index (χ2n) is 2.89. The molecule has 0 unspecified atom stereocenters. The highest BCUT2D eigenvalue weighted by Crippen LogP contribution is 2.16. The molecule has 0 atom stereocenters. The molecule has 0 saturated carbocycles. The van der Waals surface area contributed by atoms with Gasteiger partial charge in [-0.2, -0.15) is 0 Å². The number of aryl methyl sites for hydroxylation is 1. The second kappa shape index (κ2) is 3.14. The van der Waals surface area contributed by atoms with Crippen molar-refractivity contribution < 1.29 is 4.42 Å². The van der Waals surface area contributed by atoms with Gasteiger partial charge >= 0.3 is 0 Å². The van der Waals surface area contributed by atoms with Crippen LogP contribution in [0.25, 0.3) is 11.1 Å². The van der Waals surface area contributed by atoms with Crippen molar-refractivity contribution in [3.63, 3.8) is 0 Å². The van der Waals surface area contributed by atoms with E-state index in [2.05, 4.69) is 9.97 Å². The maximum absolute atomic E-state index is 5.46. The zero-order valence-corrected chi connectivity index (χ0v) is 7.45. The van der Waals surface area contributed by atoms with Crippen LogP contribution in [0.3, 0.4) is 0 Å². The second-order valence-corrected chi connectivity index (χ2v) is 2.89. The number of rotatable bonds is 2. The van der Waals surface area contributed by atoms with Gasteiger partial charge in [0.2, 0.25) is 0 Å². The Morgan fingerprint density at radius 3 is 3.08 bits per heavy atom. The van der Waals surface area contributed by atoms with Crippen LogP contribution in [0.2, 0.25) is 0 Å². The van der Waals surface area contributed by atoms with Crippen LogP contribution in [0, 0.1) is 6.92 Å². The molecular formula is C9H11N3O. The molecule has 0 aliphatic rings. The van der Waals surface area contributed by atoms with E-state index in [0.717, 1.165) is 16.8 Å². The lowest BCUT2D eigenvalue weighted by atomic mass is 10.3. The minimum atomic E-state index is 0.555. The molecule has 2 rings (SSSR count). The van der Waals surface area contributed by atoms with Crippen LogP contribution in [0.15, 0.2) is 16.7 Å². The van der Waals surface area contributed by atoms with E-state index < -0.39 is 0 Å². The Morgan fingerprint density at radius 1 is 1.54 bits per heavy atom. The Kier molecular flexibility index (Phi) is 1.98. The predicted octanol–water partition coefficient (Wildman–Crippen LogP) is 1.03. The standard InChI is InChI=1S/C9H11N3O/c1-6-9-7(3-5-11-6)13-8(12-9)2-4-10/h3,5H,2,4,10H2,1H3. The molecule has 4 heteroatoms. The summed E-state index contributed by atoms with van der Waals surface area (Å²) in [7, 11) is 0. The van der Waals surface area contributed by atoms with Crippen molar-refractivity contribution in [1.29, 1.82) is 0 Å². The van der Waals surface area contributed by atoms with Crippen molar-refractivity contribution in [2.45, 2.75) is 13.3 Å². The smallest absolute Gasteiger partial charge is 0.196 e. The summed E-state index contributed by atoms with van der Waals surface area (Å²) >= 11 is 0. The highest BCUT2D eigenvalue weighted by molar-refractivity contribution is 5.74. The molecule has 13 heavy (non-hydrogen) atoms. The summed E-state index contributed by atoms with van der Waals surface area (Å²) in [5, 5.41) is 0. The van der Waals surface area contributed by atoms with Gasteiger partial charge < -0.3 is 10.2 Å². The molecule has 0 aliphatic carbocycles. The van der Waals surface area contributed by atoms with Gasteiger partial charge in [-0.1, -0.05) is 0 Å². The molecule has 2 heterocycles. The van der Waals surface area contributed by atoms with Crippen LogP contribution in [-0.2, 0) is 6.42 Å². The molecule has 2 aromatic heterocycles. The number of hydrogen-bond acceptors (Lipinski definition) is 4. The molecular weight excluding hydrogens is 166 g/mol. The summed E-state index contributed by atoms with van der Waals surface area (Å²) in [6.07, 6.45) is 2.39. The van der Waals surface area contributed by atoms with Gasteiger partial charge in [-0.3, -0.25) is 4.98 Å². The third-order valence-electron chi connectivity index (χ3n) is 1.89. The minimum Gasteiger partial charge on any atom is -0.441 e. The van der Waals surface area contributed by atoms with Crippen LogP contribution < -0.4 is 5.73 Å². The fourth-order valence-electron chi connectivity index (χ4n) is 1.26. The molecule has 0 amide bonds. The van der Waals surface area contributed by atoms with Crippen LogP contribution in [-0.4, -0.2) is 16.5 Å². The zero-order chi connectivity index (χ0) is 9.26. The average Bonchev–Trinajstić information content (AvgIpc) is 2.49. The van der Waals surface area contributed by atoms with Gasteiger partial charge in [0, 0.05) is 25.2 Å². The zero-order valence-electron chi connectivity index (χ0n) is 7.45. The van der Waals surface area contributed by atoms with Crippen LogP contribution in [0.4, 0.5) is 0 Å². The van der Waals surface area contributed by atoms with E-state index >= 15 is 0 Å². The van der Waals surface area contributed by atoms with E-state index in [9.17, 15) is 0 Å². The van der Waals surface area contributed by atoms with E-state index in [1.165, 1.54) is 0 Å². The number of aromatic nitrogens is 2. The third kappa shape index (κ3) is 1.40. The van der Waals surface area contributed by atoms with E-state index in [4.69, 9.17) is 10.2 Å². The molecule has 0 radical (unpaired) electrons. The highest BCUT2D eigenvalue weighted by atomic mass is 16.3. The number of hydrogen-bond donors (Lipinski definition) is 1. The molecule has 0 aromatic carbocycles. The first-order chi connectivity index (χ1) is 6.31. The normalized spacial score (nSPS) is 10.9. The third-order valence-corrected chi connectivity index (χ3v) is 1.89.